The Morgan fingerprint density at radius 1 is 1.21 bits per heavy atom. The van der Waals surface area contributed by atoms with Gasteiger partial charge in [-0.3, -0.25) is 14.9 Å². The Hall–Kier alpha value is -5.06. The SMILES string of the molecule is CC[C@@]1(OC(=O)c2ccccc2O)C(=O)OCc2c1cc1n(c2=O)Cc2cc3c([N+](=O)[O-])cccc3nc2-1. The molecule has 2 aromatic heterocycles. The predicted octanol–water partition coefficient (Wildman–Crippen LogP) is 3.56. The van der Waals surface area contributed by atoms with E-state index >= 15 is 0 Å². The van der Waals surface area contributed by atoms with Gasteiger partial charge in [0.15, 0.2) is 0 Å². The number of non-ortho nitro benzene ring substituents is 1. The highest BCUT2D eigenvalue weighted by molar-refractivity contribution is 5.96. The molecule has 0 fully saturated rings. The Bertz CT molecular complexity index is 1780. The van der Waals surface area contributed by atoms with Crippen LogP contribution in [0.1, 0.15) is 40.4 Å². The van der Waals surface area contributed by atoms with Crippen LogP contribution < -0.4 is 5.56 Å². The summed E-state index contributed by atoms with van der Waals surface area (Å²) in [6.07, 6.45) is -0.0364. The van der Waals surface area contributed by atoms with Gasteiger partial charge in [0, 0.05) is 17.2 Å². The number of nitrogens with zero attached hydrogens (tertiary/aromatic N) is 3. The maximum Gasteiger partial charge on any atom is 0.355 e. The molecule has 1 N–H and O–H groups in total. The average molecular weight is 513 g/mol. The number of benzene rings is 2. The number of para-hydroxylation sites is 1. The molecule has 2 aromatic carbocycles. The van der Waals surface area contributed by atoms with E-state index in [9.17, 15) is 29.6 Å². The van der Waals surface area contributed by atoms with Gasteiger partial charge in [-0.05, 0) is 36.8 Å². The van der Waals surface area contributed by atoms with Crippen molar-refractivity contribution in [1.29, 1.82) is 0 Å². The Morgan fingerprint density at radius 3 is 2.74 bits per heavy atom. The highest BCUT2D eigenvalue weighted by Crippen LogP contribution is 2.42. The lowest BCUT2D eigenvalue weighted by molar-refractivity contribution is -0.383. The molecule has 0 saturated carbocycles. The lowest BCUT2D eigenvalue weighted by atomic mass is 9.85. The number of carbonyl (C=O) groups excluding carboxylic acids is 2. The number of fused-ring (bicyclic) bond motifs is 5. The quantitative estimate of drug-likeness (QED) is 0.216. The largest absolute Gasteiger partial charge is 0.507 e. The number of esters is 2. The van der Waals surface area contributed by atoms with Crippen molar-refractivity contribution in [2.45, 2.75) is 32.1 Å². The summed E-state index contributed by atoms with van der Waals surface area (Å²) >= 11 is 0. The highest BCUT2D eigenvalue weighted by Gasteiger charge is 2.50. The first-order chi connectivity index (χ1) is 18.2. The number of hydrogen-bond donors (Lipinski definition) is 1. The fourth-order valence-electron chi connectivity index (χ4n) is 5.16. The molecule has 0 unspecified atom stereocenters. The van der Waals surface area contributed by atoms with Crippen molar-refractivity contribution < 1.29 is 29.1 Å². The van der Waals surface area contributed by atoms with Gasteiger partial charge in [-0.25, -0.2) is 14.6 Å². The number of hydrogen-bond acceptors (Lipinski definition) is 9. The number of aromatic nitrogens is 2. The molecule has 4 aromatic rings. The van der Waals surface area contributed by atoms with Crippen molar-refractivity contribution in [3.8, 4) is 17.1 Å². The smallest absolute Gasteiger partial charge is 0.355 e. The zero-order chi connectivity index (χ0) is 26.8. The maximum absolute atomic E-state index is 13.6. The zero-order valence-corrected chi connectivity index (χ0v) is 20.0. The standard InChI is InChI=1S/C27H19N3O8/c1-2-27(38-25(33)15-6-3-4-9-22(15)31)18-11-21-23-14(12-29(21)24(32)17(18)13-37-26(27)34)10-16-19(28-23)7-5-8-20(16)30(35)36/h3-11,31H,2,12-13H2,1H3/t27-/m0/s1. The van der Waals surface area contributed by atoms with Crippen molar-refractivity contribution in [2.75, 3.05) is 0 Å². The van der Waals surface area contributed by atoms with Crippen molar-refractivity contribution in [2.24, 2.45) is 0 Å². The molecule has 0 radical (unpaired) electrons. The summed E-state index contributed by atoms with van der Waals surface area (Å²) in [5.74, 6) is -2.10. The van der Waals surface area contributed by atoms with E-state index in [1.54, 1.807) is 37.3 Å². The van der Waals surface area contributed by atoms with E-state index in [1.807, 2.05) is 0 Å². The van der Waals surface area contributed by atoms with E-state index < -0.39 is 28.0 Å². The number of carbonyl (C=O) groups is 2. The zero-order valence-electron chi connectivity index (χ0n) is 20.0. The van der Waals surface area contributed by atoms with Gasteiger partial charge in [0.2, 0.25) is 5.60 Å². The van der Waals surface area contributed by atoms with Gasteiger partial charge in [-0.1, -0.05) is 25.1 Å². The molecule has 2 aliphatic heterocycles. The average Bonchev–Trinajstić information content (AvgIpc) is 3.26. The van der Waals surface area contributed by atoms with Crippen LogP contribution in [0.2, 0.25) is 0 Å². The number of phenols is 1. The molecule has 0 bridgehead atoms. The molecule has 0 spiro atoms. The molecular formula is C27H19N3O8. The number of pyridine rings is 2. The number of phenolic OH excluding ortho intramolecular Hbond substituents is 1. The van der Waals surface area contributed by atoms with Gasteiger partial charge in [0.25, 0.3) is 11.2 Å². The first kappa shape index (κ1) is 23.3. The Balaban J connectivity index is 1.54. The molecular weight excluding hydrogens is 494 g/mol. The summed E-state index contributed by atoms with van der Waals surface area (Å²) in [5.41, 5.74) is -0.460. The van der Waals surface area contributed by atoms with Crippen LogP contribution in [0.3, 0.4) is 0 Å². The number of ether oxygens (including phenoxy) is 2. The third-order valence-electron chi connectivity index (χ3n) is 7.08. The summed E-state index contributed by atoms with van der Waals surface area (Å²) in [5, 5.41) is 22.0. The third kappa shape index (κ3) is 3.21. The summed E-state index contributed by atoms with van der Waals surface area (Å²) in [4.78, 5) is 55.5. The lowest BCUT2D eigenvalue weighted by Gasteiger charge is -2.35. The molecule has 1 atom stereocenters. The fraction of sp³-hybridized carbons (Fsp3) is 0.185. The van der Waals surface area contributed by atoms with Gasteiger partial charge in [0.1, 0.15) is 17.9 Å². The summed E-state index contributed by atoms with van der Waals surface area (Å²) < 4.78 is 12.5. The number of nitro benzene ring substituents is 1. The van der Waals surface area contributed by atoms with Crippen molar-refractivity contribution in [1.82, 2.24) is 9.55 Å². The van der Waals surface area contributed by atoms with Gasteiger partial charge >= 0.3 is 11.9 Å². The fourth-order valence-corrected chi connectivity index (χ4v) is 5.16. The minimum Gasteiger partial charge on any atom is -0.507 e. The normalized spacial score (nSPS) is 17.3. The number of cyclic esters (lactones) is 1. The summed E-state index contributed by atoms with van der Waals surface area (Å²) in [6, 6.07) is 13.6. The number of rotatable bonds is 4. The maximum atomic E-state index is 13.6. The van der Waals surface area contributed by atoms with Crippen LogP contribution in [0.5, 0.6) is 5.75 Å². The van der Waals surface area contributed by atoms with Crippen molar-refractivity contribution >= 4 is 28.5 Å². The molecule has 38 heavy (non-hydrogen) atoms. The van der Waals surface area contributed by atoms with E-state index in [4.69, 9.17) is 9.47 Å². The second-order valence-corrected chi connectivity index (χ2v) is 9.07. The highest BCUT2D eigenvalue weighted by atomic mass is 16.6. The van der Waals surface area contributed by atoms with Crippen LogP contribution in [-0.2, 0) is 33.0 Å². The van der Waals surface area contributed by atoms with Crippen molar-refractivity contribution in [3.63, 3.8) is 0 Å². The van der Waals surface area contributed by atoms with Crippen LogP contribution in [0.25, 0.3) is 22.3 Å². The van der Waals surface area contributed by atoms with E-state index in [-0.39, 0.29) is 47.7 Å². The molecule has 11 heteroatoms. The molecule has 2 aliphatic rings. The van der Waals surface area contributed by atoms with Crippen LogP contribution >= 0.6 is 0 Å². The molecule has 0 aliphatic carbocycles. The molecule has 4 heterocycles. The summed E-state index contributed by atoms with van der Waals surface area (Å²) in [6.45, 7) is 1.44. The molecule has 0 saturated heterocycles. The monoisotopic (exact) mass is 513 g/mol. The van der Waals surface area contributed by atoms with Gasteiger partial charge in [-0.15, -0.1) is 0 Å². The second kappa shape index (κ2) is 8.23. The molecule has 0 amide bonds. The van der Waals surface area contributed by atoms with Crippen LogP contribution in [0.4, 0.5) is 5.69 Å². The molecule has 6 rings (SSSR count). The first-order valence-electron chi connectivity index (χ1n) is 11.8. The van der Waals surface area contributed by atoms with Crippen molar-refractivity contribution in [3.05, 3.63) is 97.3 Å². The Morgan fingerprint density at radius 2 is 2.00 bits per heavy atom. The third-order valence-corrected chi connectivity index (χ3v) is 7.08. The van der Waals surface area contributed by atoms with E-state index in [1.165, 1.54) is 28.8 Å². The second-order valence-electron chi connectivity index (χ2n) is 9.07. The van der Waals surface area contributed by atoms with Crippen LogP contribution in [0, 0.1) is 10.1 Å². The molecule has 190 valence electrons. The molecule has 11 nitrogen and oxygen atoms in total. The Kier molecular flexibility index (Phi) is 5.06. The summed E-state index contributed by atoms with van der Waals surface area (Å²) in [7, 11) is 0. The minimum absolute atomic E-state index is 0.0364. The number of aromatic hydroxyl groups is 1. The van der Waals surface area contributed by atoms with Gasteiger partial charge in [0.05, 0.1) is 39.3 Å². The Labute approximate surface area is 214 Å². The lowest BCUT2D eigenvalue weighted by Crippen LogP contribution is -2.47. The van der Waals surface area contributed by atoms with E-state index in [0.29, 0.717) is 27.9 Å². The van der Waals surface area contributed by atoms with Crippen LogP contribution in [0.15, 0.2) is 59.4 Å². The minimum atomic E-state index is -1.93. The van der Waals surface area contributed by atoms with E-state index in [2.05, 4.69) is 4.98 Å². The topological polar surface area (TPSA) is 151 Å². The predicted molar refractivity (Wildman–Crippen MR) is 132 cm³/mol. The van der Waals surface area contributed by atoms with Gasteiger partial charge < -0.3 is 19.1 Å². The number of nitro groups is 1. The van der Waals surface area contributed by atoms with E-state index in [0.717, 1.165) is 0 Å². The first-order valence-corrected chi connectivity index (χ1v) is 11.8. The van der Waals surface area contributed by atoms with Gasteiger partial charge in [-0.2, -0.15) is 0 Å². The van der Waals surface area contributed by atoms with Crippen LogP contribution in [-0.4, -0.2) is 31.5 Å².